The zero-order valence-corrected chi connectivity index (χ0v) is 15.6. The van der Waals surface area contributed by atoms with Crippen LogP contribution in [-0.4, -0.2) is 45.7 Å². The topological polar surface area (TPSA) is 47.4 Å². The Morgan fingerprint density at radius 3 is 2.39 bits per heavy atom. The molecule has 4 heterocycles. The summed E-state index contributed by atoms with van der Waals surface area (Å²) in [7, 11) is 0. The number of aromatic nitrogens is 2. The number of fused-ring (bicyclic) bond motifs is 6. The monoisotopic (exact) mass is 373 g/mol. The first kappa shape index (κ1) is 16.3. The molecule has 5 heteroatoms. The Hall–Kier alpha value is -2.66. The maximum absolute atomic E-state index is 13.8. The number of ether oxygens (including phenoxy) is 1. The molecule has 1 unspecified atom stereocenters. The Kier molecular flexibility index (Phi) is 3.60. The first-order valence-electron chi connectivity index (χ1n) is 10.2. The van der Waals surface area contributed by atoms with E-state index in [0.29, 0.717) is 24.0 Å². The number of hydrogen-bond donors (Lipinski definition) is 0. The molecule has 2 bridgehead atoms. The molecule has 1 amide bonds. The smallest absolute Gasteiger partial charge is 0.250 e. The number of imidazole rings is 1. The molecule has 3 aromatic rings. The molecule has 0 radical (unpaired) electrons. The van der Waals surface area contributed by atoms with Crippen LogP contribution in [0.2, 0.25) is 0 Å². The van der Waals surface area contributed by atoms with Crippen LogP contribution in [0.1, 0.15) is 24.4 Å². The van der Waals surface area contributed by atoms with Gasteiger partial charge in [0.2, 0.25) is 5.91 Å². The summed E-state index contributed by atoms with van der Waals surface area (Å²) in [6, 6.07) is 17.7. The van der Waals surface area contributed by atoms with E-state index in [1.165, 1.54) is 0 Å². The van der Waals surface area contributed by atoms with Crippen molar-refractivity contribution < 1.29 is 9.53 Å². The minimum absolute atomic E-state index is 0.170. The van der Waals surface area contributed by atoms with Crippen LogP contribution in [0.25, 0.3) is 11.0 Å². The van der Waals surface area contributed by atoms with Gasteiger partial charge in [-0.2, -0.15) is 0 Å². The van der Waals surface area contributed by atoms with Crippen molar-refractivity contribution in [2.24, 2.45) is 11.8 Å². The fourth-order valence-electron chi connectivity index (χ4n) is 5.55. The molecule has 142 valence electrons. The molecular weight excluding hydrogens is 350 g/mol. The Labute approximate surface area is 163 Å². The van der Waals surface area contributed by atoms with Crippen molar-refractivity contribution in [1.82, 2.24) is 14.5 Å². The maximum Gasteiger partial charge on any atom is 0.250 e. The number of benzene rings is 2. The number of carbonyl (C=O) groups excluding carboxylic acids is 1. The highest BCUT2D eigenvalue weighted by Gasteiger charge is 2.54. The Morgan fingerprint density at radius 1 is 0.964 bits per heavy atom. The molecular formula is C23H23N3O2. The Morgan fingerprint density at radius 2 is 1.64 bits per heavy atom. The predicted octanol–water partition coefficient (Wildman–Crippen LogP) is 3.26. The van der Waals surface area contributed by atoms with Crippen LogP contribution < -0.4 is 0 Å². The van der Waals surface area contributed by atoms with Gasteiger partial charge in [0.25, 0.3) is 0 Å². The SMILES string of the molecule is O=C(C(c1ccccc1)n1cnc2ccccc21)N1C[C@@H]2[C@H](C1)[C@H]1CC[C@@H]2O1. The minimum atomic E-state index is -0.383. The van der Waals surface area contributed by atoms with Crippen molar-refractivity contribution in [3.8, 4) is 0 Å². The van der Waals surface area contributed by atoms with Crippen LogP contribution in [0, 0.1) is 11.8 Å². The molecule has 0 aliphatic carbocycles. The summed E-state index contributed by atoms with van der Waals surface area (Å²) in [5.74, 6) is 1.19. The lowest BCUT2D eigenvalue weighted by Crippen LogP contribution is -2.37. The van der Waals surface area contributed by atoms with Gasteiger partial charge in [-0.25, -0.2) is 4.98 Å². The summed E-state index contributed by atoms with van der Waals surface area (Å²) >= 11 is 0. The number of nitrogens with zero attached hydrogens (tertiary/aromatic N) is 3. The molecule has 3 aliphatic rings. The molecule has 5 nitrogen and oxygen atoms in total. The lowest BCUT2D eigenvalue weighted by Gasteiger charge is -2.26. The van der Waals surface area contributed by atoms with Crippen LogP contribution in [0.5, 0.6) is 0 Å². The van der Waals surface area contributed by atoms with Crippen molar-refractivity contribution in [3.63, 3.8) is 0 Å². The molecule has 3 aliphatic heterocycles. The maximum atomic E-state index is 13.8. The van der Waals surface area contributed by atoms with Crippen LogP contribution in [0.4, 0.5) is 0 Å². The van der Waals surface area contributed by atoms with Crippen molar-refractivity contribution in [2.45, 2.75) is 31.1 Å². The summed E-state index contributed by atoms with van der Waals surface area (Å²) in [4.78, 5) is 20.4. The summed E-state index contributed by atoms with van der Waals surface area (Å²) < 4.78 is 8.12. The number of likely N-dealkylation sites (tertiary alicyclic amines) is 1. The average molecular weight is 373 g/mol. The zero-order valence-electron chi connectivity index (χ0n) is 15.6. The third kappa shape index (κ3) is 2.35. The molecule has 5 atom stereocenters. The lowest BCUT2D eigenvalue weighted by atomic mass is 9.82. The van der Waals surface area contributed by atoms with E-state index in [1.807, 2.05) is 65.5 Å². The number of amides is 1. The first-order chi connectivity index (χ1) is 13.8. The van der Waals surface area contributed by atoms with E-state index < -0.39 is 0 Å². The van der Waals surface area contributed by atoms with E-state index >= 15 is 0 Å². The highest BCUT2D eigenvalue weighted by atomic mass is 16.5. The second-order valence-corrected chi connectivity index (χ2v) is 8.32. The van der Waals surface area contributed by atoms with E-state index in [-0.39, 0.29) is 11.9 Å². The normalized spacial score (nSPS) is 29.4. The Bertz CT molecular complexity index is 1010. The van der Waals surface area contributed by atoms with Crippen molar-refractivity contribution >= 4 is 16.9 Å². The first-order valence-corrected chi connectivity index (χ1v) is 10.2. The average Bonchev–Trinajstić information content (AvgIpc) is 3.50. The predicted molar refractivity (Wildman–Crippen MR) is 106 cm³/mol. The number of hydrogen-bond acceptors (Lipinski definition) is 3. The molecule has 3 fully saturated rings. The van der Waals surface area contributed by atoms with Crippen molar-refractivity contribution in [3.05, 3.63) is 66.5 Å². The van der Waals surface area contributed by atoms with Gasteiger partial charge >= 0.3 is 0 Å². The second kappa shape index (κ2) is 6.17. The molecule has 0 saturated carbocycles. The van der Waals surface area contributed by atoms with Gasteiger partial charge < -0.3 is 14.2 Å². The molecule has 0 N–H and O–H groups in total. The largest absolute Gasteiger partial charge is 0.374 e. The van der Waals surface area contributed by atoms with Gasteiger partial charge in [-0.05, 0) is 30.5 Å². The minimum Gasteiger partial charge on any atom is -0.374 e. The summed E-state index contributed by atoms with van der Waals surface area (Å²) in [5.41, 5.74) is 2.92. The number of rotatable bonds is 3. The molecule has 28 heavy (non-hydrogen) atoms. The van der Waals surface area contributed by atoms with Crippen LogP contribution in [-0.2, 0) is 9.53 Å². The lowest BCUT2D eigenvalue weighted by molar-refractivity contribution is -0.133. The van der Waals surface area contributed by atoms with E-state index in [0.717, 1.165) is 42.5 Å². The third-order valence-electron chi connectivity index (χ3n) is 6.87. The molecule has 0 spiro atoms. The molecule has 2 aromatic carbocycles. The van der Waals surface area contributed by atoms with Crippen molar-refractivity contribution in [2.75, 3.05) is 13.1 Å². The molecule has 3 saturated heterocycles. The van der Waals surface area contributed by atoms with Crippen LogP contribution >= 0.6 is 0 Å². The highest BCUT2D eigenvalue weighted by molar-refractivity contribution is 5.87. The Balaban J connectivity index is 1.39. The van der Waals surface area contributed by atoms with Gasteiger partial charge in [-0.3, -0.25) is 4.79 Å². The highest BCUT2D eigenvalue weighted by Crippen LogP contribution is 2.47. The fraction of sp³-hybridized carbons (Fsp3) is 0.391. The van der Waals surface area contributed by atoms with Crippen LogP contribution in [0.3, 0.4) is 0 Å². The molecule has 6 rings (SSSR count). The molecule has 1 aromatic heterocycles. The quantitative estimate of drug-likeness (QED) is 0.708. The van der Waals surface area contributed by atoms with E-state index in [2.05, 4.69) is 9.88 Å². The van der Waals surface area contributed by atoms with Gasteiger partial charge in [0.05, 0.1) is 29.6 Å². The van der Waals surface area contributed by atoms with E-state index in [4.69, 9.17) is 4.74 Å². The zero-order chi connectivity index (χ0) is 18.7. The van der Waals surface area contributed by atoms with E-state index in [9.17, 15) is 4.79 Å². The third-order valence-corrected chi connectivity index (χ3v) is 6.87. The van der Waals surface area contributed by atoms with Gasteiger partial charge in [-0.1, -0.05) is 42.5 Å². The standard InChI is InChI=1S/C23H23N3O2/c27-23(25-12-16-17(13-25)21-11-10-20(16)28-21)22(15-6-2-1-3-7-15)26-14-24-18-8-4-5-9-19(18)26/h1-9,14,16-17,20-22H,10-13H2/t16-,17+,20+,21-,22?. The fourth-order valence-corrected chi connectivity index (χ4v) is 5.55. The summed E-state index contributed by atoms with van der Waals surface area (Å²) in [6.07, 6.45) is 4.84. The number of para-hydroxylation sites is 2. The summed E-state index contributed by atoms with van der Waals surface area (Å²) in [5, 5.41) is 0. The van der Waals surface area contributed by atoms with E-state index in [1.54, 1.807) is 0 Å². The van der Waals surface area contributed by atoms with Gasteiger partial charge in [0, 0.05) is 24.9 Å². The second-order valence-electron chi connectivity index (χ2n) is 8.32. The number of carbonyl (C=O) groups is 1. The van der Waals surface area contributed by atoms with Gasteiger partial charge in [-0.15, -0.1) is 0 Å². The van der Waals surface area contributed by atoms with Crippen molar-refractivity contribution in [1.29, 1.82) is 0 Å². The van der Waals surface area contributed by atoms with Crippen LogP contribution in [0.15, 0.2) is 60.9 Å². The summed E-state index contributed by atoms with van der Waals surface area (Å²) in [6.45, 7) is 1.64. The van der Waals surface area contributed by atoms with Gasteiger partial charge in [0.1, 0.15) is 6.04 Å². The van der Waals surface area contributed by atoms with Gasteiger partial charge in [0.15, 0.2) is 0 Å².